The summed E-state index contributed by atoms with van der Waals surface area (Å²) in [6, 6.07) is 10.2. The Balaban J connectivity index is 1.82. The van der Waals surface area contributed by atoms with Gasteiger partial charge in [-0.05, 0) is 55.8 Å². The van der Waals surface area contributed by atoms with Crippen LogP contribution in [0.3, 0.4) is 0 Å². The van der Waals surface area contributed by atoms with Crippen molar-refractivity contribution >= 4 is 27.1 Å². The fraction of sp³-hybridized carbons (Fsp3) is 0.368. The first-order chi connectivity index (χ1) is 13.2. The zero-order chi connectivity index (χ0) is 20.5. The lowest BCUT2D eigenvalue weighted by atomic mass is 9.93. The zero-order valence-electron chi connectivity index (χ0n) is 15.1. The van der Waals surface area contributed by atoms with Crippen LogP contribution in [0.25, 0.3) is 0 Å². The fourth-order valence-corrected chi connectivity index (χ4v) is 4.69. The number of benzene rings is 2. The van der Waals surface area contributed by atoms with E-state index in [0.717, 1.165) is 24.6 Å². The minimum atomic E-state index is -4.71. The van der Waals surface area contributed by atoms with Crippen LogP contribution in [0.5, 0.6) is 0 Å². The summed E-state index contributed by atoms with van der Waals surface area (Å²) in [6.45, 7) is 1.13. The van der Waals surface area contributed by atoms with Crippen molar-refractivity contribution in [2.24, 2.45) is 5.92 Å². The summed E-state index contributed by atoms with van der Waals surface area (Å²) < 4.78 is 63.6. The molecule has 1 N–H and O–H groups in total. The third-order valence-electron chi connectivity index (χ3n) is 5.04. The predicted octanol–water partition coefficient (Wildman–Crippen LogP) is 4.58. The monoisotopic (exact) mass is 432 g/mol. The molecule has 1 fully saturated rings. The molecule has 28 heavy (non-hydrogen) atoms. The van der Waals surface area contributed by atoms with Crippen molar-refractivity contribution in [2.75, 3.05) is 25.5 Å². The first-order valence-electron chi connectivity index (χ1n) is 8.72. The number of hydrogen-bond donors (Lipinski definition) is 1. The van der Waals surface area contributed by atoms with E-state index in [2.05, 4.69) is 10.2 Å². The summed E-state index contributed by atoms with van der Waals surface area (Å²) in [7, 11) is -2.79. The molecule has 2 unspecified atom stereocenters. The van der Waals surface area contributed by atoms with E-state index in [0.29, 0.717) is 6.54 Å². The van der Waals surface area contributed by atoms with Crippen LogP contribution in [0.1, 0.15) is 18.0 Å². The second kappa shape index (κ2) is 8.31. The molecule has 2 aromatic carbocycles. The van der Waals surface area contributed by atoms with Gasteiger partial charge in [0, 0.05) is 12.6 Å². The maximum atomic E-state index is 13.9. The fourth-order valence-electron chi connectivity index (χ4n) is 3.66. The molecule has 0 amide bonds. The van der Waals surface area contributed by atoms with E-state index in [-0.39, 0.29) is 22.7 Å². The van der Waals surface area contributed by atoms with E-state index in [1.54, 1.807) is 12.1 Å². The number of sulfone groups is 1. The Morgan fingerprint density at radius 1 is 1.25 bits per heavy atom. The number of para-hydroxylation sites is 1. The topological polar surface area (TPSA) is 49.4 Å². The molecule has 3 rings (SSSR count). The Morgan fingerprint density at radius 2 is 1.96 bits per heavy atom. The van der Waals surface area contributed by atoms with E-state index >= 15 is 0 Å². The normalized spacial score (nSPS) is 20.6. The lowest BCUT2D eigenvalue weighted by molar-refractivity contribution is 0.235. The summed E-state index contributed by atoms with van der Waals surface area (Å²) >= 11 is 5.77. The number of nitrogens with zero attached hydrogens (tertiary/aromatic N) is 1. The Morgan fingerprint density at radius 3 is 2.64 bits per heavy atom. The summed E-state index contributed by atoms with van der Waals surface area (Å²) in [4.78, 5) is 1.65. The van der Waals surface area contributed by atoms with E-state index in [4.69, 9.17) is 11.6 Å². The third-order valence-corrected chi connectivity index (χ3v) is 6.79. The second-order valence-electron chi connectivity index (χ2n) is 6.83. The number of alkyl halides is 2. The molecule has 0 radical (unpaired) electrons. The molecule has 4 nitrogen and oxygen atoms in total. The smallest absolute Gasteiger partial charge is 0.341 e. The molecule has 0 bridgehead atoms. The Labute approximate surface area is 167 Å². The molecule has 1 saturated heterocycles. The number of rotatable bonds is 6. The van der Waals surface area contributed by atoms with Crippen molar-refractivity contribution in [1.82, 2.24) is 4.90 Å². The Bertz CT molecular complexity index is 956. The van der Waals surface area contributed by atoms with Crippen LogP contribution in [-0.4, -0.2) is 39.2 Å². The zero-order valence-corrected chi connectivity index (χ0v) is 16.7. The van der Waals surface area contributed by atoms with Gasteiger partial charge in [-0.25, -0.2) is 12.8 Å². The molecule has 152 valence electrons. The van der Waals surface area contributed by atoms with E-state index in [9.17, 15) is 21.6 Å². The SMILES string of the molecule is CN1CCC(CNc2ccccc2S(=O)(=O)C(F)F)C1c1ccc(Cl)c(F)c1. The maximum absolute atomic E-state index is 13.9. The summed E-state index contributed by atoms with van der Waals surface area (Å²) in [6.07, 6.45) is 0.794. The molecule has 2 atom stereocenters. The van der Waals surface area contributed by atoms with Crippen molar-refractivity contribution in [3.05, 3.63) is 58.9 Å². The van der Waals surface area contributed by atoms with Crippen molar-refractivity contribution in [3.8, 4) is 0 Å². The van der Waals surface area contributed by atoms with Gasteiger partial charge in [0.05, 0.1) is 15.6 Å². The van der Waals surface area contributed by atoms with Gasteiger partial charge in [-0.3, -0.25) is 4.90 Å². The van der Waals surface area contributed by atoms with Gasteiger partial charge in [0.2, 0.25) is 9.84 Å². The lowest BCUT2D eigenvalue weighted by Gasteiger charge is -2.26. The summed E-state index contributed by atoms with van der Waals surface area (Å²) in [5.74, 6) is -3.95. The molecule has 1 aliphatic rings. The highest BCUT2D eigenvalue weighted by atomic mass is 35.5. The number of nitrogens with one attached hydrogen (secondary N) is 1. The molecule has 0 aromatic heterocycles. The van der Waals surface area contributed by atoms with Gasteiger partial charge in [0.25, 0.3) is 0 Å². The first-order valence-corrected chi connectivity index (χ1v) is 10.6. The van der Waals surface area contributed by atoms with Gasteiger partial charge in [0.1, 0.15) is 5.82 Å². The van der Waals surface area contributed by atoms with Crippen LogP contribution in [0.15, 0.2) is 47.4 Å². The van der Waals surface area contributed by atoms with Gasteiger partial charge in [-0.15, -0.1) is 0 Å². The quantitative estimate of drug-likeness (QED) is 0.725. The van der Waals surface area contributed by atoms with Gasteiger partial charge >= 0.3 is 5.76 Å². The average molecular weight is 433 g/mol. The Kier molecular flexibility index (Phi) is 6.21. The lowest BCUT2D eigenvalue weighted by Crippen LogP contribution is -2.25. The predicted molar refractivity (Wildman–Crippen MR) is 103 cm³/mol. The largest absolute Gasteiger partial charge is 0.384 e. The second-order valence-corrected chi connectivity index (χ2v) is 9.12. The van der Waals surface area contributed by atoms with Crippen LogP contribution in [0, 0.1) is 11.7 Å². The van der Waals surface area contributed by atoms with Crippen LogP contribution in [-0.2, 0) is 9.84 Å². The van der Waals surface area contributed by atoms with Gasteiger partial charge in [-0.1, -0.05) is 29.8 Å². The van der Waals surface area contributed by atoms with Crippen LogP contribution >= 0.6 is 11.6 Å². The van der Waals surface area contributed by atoms with Gasteiger partial charge in [-0.2, -0.15) is 8.78 Å². The van der Waals surface area contributed by atoms with Crippen LogP contribution in [0.4, 0.5) is 18.9 Å². The van der Waals surface area contributed by atoms with Crippen molar-refractivity contribution in [3.63, 3.8) is 0 Å². The van der Waals surface area contributed by atoms with E-state index < -0.39 is 26.3 Å². The number of hydrogen-bond acceptors (Lipinski definition) is 4. The van der Waals surface area contributed by atoms with Crippen molar-refractivity contribution < 1.29 is 21.6 Å². The number of halogens is 4. The van der Waals surface area contributed by atoms with Crippen LogP contribution < -0.4 is 5.32 Å². The minimum absolute atomic E-state index is 0.0351. The molecular formula is C19H20ClF3N2O2S. The van der Waals surface area contributed by atoms with E-state index in [1.807, 2.05) is 7.05 Å². The molecule has 0 aliphatic carbocycles. The maximum Gasteiger partial charge on any atom is 0.341 e. The average Bonchev–Trinajstić information content (AvgIpc) is 3.03. The molecular weight excluding hydrogens is 413 g/mol. The highest BCUT2D eigenvalue weighted by Crippen LogP contribution is 2.37. The highest BCUT2D eigenvalue weighted by Gasteiger charge is 2.34. The van der Waals surface area contributed by atoms with Gasteiger partial charge in [0.15, 0.2) is 0 Å². The number of anilines is 1. The third kappa shape index (κ3) is 4.14. The molecule has 1 heterocycles. The first kappa shape index (κ1) is 21.0. The van der Waals surface area contributed by atoms with Crippen LogP contribution in [0.2, 0.25) is 5.02 Å². The Hall–Kier alpha value is -1.77. The summed E-state index contributed by atoms with van der Waals surface area (Å²) in [5.41, 5.74) is 0.903. The molecule has 1 aliphatic heterocycles. The molecule has 0 saturated carbocycles. The highest BCUT2D eigenvalue weighted by molar-refractivity contribution is 7.91. The van der Waals surface area contributed by atoms with Gasteiger partial charge < -0.3 is 5.32 Å². The van der Waals surface area contributed by atoms with Crippen molar-refractivity contribution in [2.45, 2.75) is 23.1 Å². The summed E-state index contributed by atoms with van der Waals surface area (Å²) in [5, 5.41) is 3.05. The molecule has 0 spiro atoms. The molecule has 9 heteroatoms. The molecule has 2 aromatic rings. The standard InChI is InChI=1S/C19H20ClF3N2O2S/c1-25-9-8-13(18(25)12-6-7-14(20)15(21)10-12)11-24-16-4-2-3-5-17(16)28(26,27)19(22)23/h2-7,10,13,18-19,24H,8-9,11H2,1H3. The van der Waals surface area contributed by atoms with E-state index in [1.165, 1.54) is 24.3 Å². The number of likely N-dealkylation sites (tertiary alicyclic amines) is 1. The van der Waals surface area contributed by atoms with Crippen molar-refractivity contribution in [1.29, 1.82) is 0 Å². The minimum Gasteiger partial charge on any atom is -0.384 e.